The van der Waals surface area contributed by atoms with Crippen LogP contribution in [0.1, 0.15) is 6.92 Å². The number of aliphatic hydroxyl groups is 1. The Morgan fingerprint density at radius 1 is 1.69 bits per heavy atom. The van der Waals surface area contributed by atoms with E-state index in [1.807, 2.05) is 0 Å². The number of carbonyl (C=O) groups excluding carboxylic acids is 1. The number of aliphatic hydroxyl groups excluding tert-OH is 1. The van der Waals surface area contributed by atoms with Crippen molar-refractivity contribution in [3.63, 3.8) is 0 Å². The number of methoxy groups -OCH3 is 1. The Labute approximate surface area is 74.7 Å². The van der Waals surface area contributed by atoms with Crippen LogP contribution >= 0.6 is 0 Å². The second-order valence-electron chi connectivity index (χ2n) is 2.97. The van der Waals surface area contributed by atoms with E-state index < -0.39 is 30.5 Å². The van der Waals surface area contributed by atoms with Crippen molar-refractivity contribution in [2.24, 2.45) is 11.1 Å². The summed E-state index contributed by atoms with van der Waals surface area (Å²) < 4.78 is 29.0. The SMILES string of the molecule is COC(=O)[C@@H](N)[C@](C)(CO)C(F)F. The Balaban J connectivity index is 4.66. The molecule has 4 nitrogen and oxygen atoms in total. The van der Waals surface area contributed by atoms with Gasteiger partial charge in [-0.15, -0.1) is 0 Å². The van der Waals surface area contributed by atoms with Crippen molar-refractivity contribution in [3.05, 3.63) is 0 Å². The molecule has 0 saturated carbocycles. The summed E-state index contributed by atoms with van der Waals surface area (Å²) in [4.78, 5) is 10.8. The molecule has 0 aliphatic carbocycles. The van der Waals surface area contributed by atoms with Crippen molar-refractivity contribution in [1.29, 1.82) is 0 Å². The number of ether oxygens (including phenoxy) is 1. The zero-order chi connectivity index (χ0) is 10.6. The lowest BCUT2D eigenvalue weighted by molar-refractivity contribution is -0.151. The number of nitrogens with two attached hydrogens (primary N) is 1. The van der Waals surface area contributed by atoms with E-state index in [2.05, 4.69) is 4.74 Å². The van der Waals surface area contributed by atoms with E-state index in [-0.39, 0.29) is 0 Å². The van der Waals surface area contributed by atoms with Gasteiger partial charge in [-0.3, -0.25) is 4.79 Å². The van der Waals surface area contributed by atoms with Gasteiger partial charge in [-0.05, 0) is 6.92 Å². The molecule has 13 heavy (non-hydrogen) atoms. The van der Waals surface area contributed by atoms with Gasteiger partial charge in [-0.1, -0.05) is 0 Å². The summed E-state index contributed by atoms with van der Waals surface area (Å²) in [6.45, 7) is 0.153. The molecule has 0 unspecified atom stereocenters. The zero-order valence-electron chi connectivity index (χ0n) is 7.46. The van der Waals surface area contributed by atoms with Crippen molar-refractivity contribution >= 4 is 5.97 Å². The molecule has 0 saturated heterocycles. The highest BCUT2D eigenvalue weighted by molar-refractivity contribution is 5.76. The van der Waals surface area contributed by atoms with Crippen LogP contribution in [0.15, 0.2) is 0 Å². The smallest absolute Gasteiger partial charge is 0.323 e. The highest BCUT2D eigenvalue weighted by atomic mass is 19.3. The number of esters is 1. The fraction of sp³-hybridized carbons (Fsp3) is 0.857. The number of halogens is 2. The van der Waals surface area contributed by atoms with Crippen LogP contribution < -0.4 is 5.73 Å². The summed E-state index contributed by atoms with van der Waals surface area (Å²) in [5.74, 6) is -0.961. The number of alkyl halides is 2. The van der Waals surface area contributed by atoms with Gasteiger partial charge in [-0.25, -0.2) is 8.78 Å². The van der Waals surface area contributed by atoms with Crippen molar-refractivity contribution < 1.29 is 23.4 Å². The van der Waals surface area contributed by atoms with Gasteiger partial charge in [0.2, 0.25) is 6.43 Å². The van der Waals surface area contributed by atoms with Gasteiger partial charge < -0.3 is 15.6 Å². The molecule has 6 heteroatoms. The summed E-state index contributed by atoms with van der Waals surface area (Å²) in [5.41, 5.74) is 3.25. The van der Waals surface area contributed by atoms with Crippen LogP contribution in [0, 0.1) is 5.41 Å². The Kier molecular flexibility index (Phi) is 4.22. The standard InChI is InChI=1S/C7H13F2NO3/c1-7(3-11,6(8)9)4(10)5(12)13-2/h4,6,11H,3,10H2,1-2H3/t4-,7+/m1/s1. The molecule has 0 aliphatic rings. The molecule has 0 aliphatic heterocycles. The predicted octanol–water partition coefficient (Wildman–Crippen LogP) is -0.250. The lowest BCUT2D eigenvalue weighted by Gasteiger charge is -2.30. The summed E-state index contributed by atoms with van der Waals surface area (Å²) in [6, 6.07) is -1.53. The zero-order valence-corrected chi connectivity index (χ0v) is 7.46. The Morgan fingerprint density at radius 3 is 2.38 bits per heavy atom. The first kappa shape index (κ1) is 12.2. The Bertz CT molecular complexity index is 189. The van der Waals surface area contributed by atoms with Crippen LogP contribution in [0.4, 0.5) is 8.78 Å². The largest absolute Gasteiger partial charge is 0.468 e. The minimum atomic E-state index is -2.88. The van der Waals surface area contributed by atoms with Crippen LogP contribution in [-0.2, 0) is 9.53 Å². The van der Waals surface area contributed by atoms with Gasteiger partial charge in [0.25, 0.3) is 0 Å². The normalized spacial score (nSPS) is 18.1. The number of carbonyl (C=O) groups is 1. The van der Waals surface area contributed by atoms with Gasteiger partial charge in [0, 0.05) is 0 Å². The van der Waals surface area contributed by atoms with E-state index in [0.717, 1.165) is 14.0 Å². The number of rotatable bonds is 4. The maximum absolute atomic E-state index is 12.4. The average molecular weight is 197 g/mol. The van der Waals surface area contributed by atoms with Crippen LogP contribution in [0.3, 0.4) is 0 Å². The fourth-order valence-electron chi connectivity index (χ4n) is 0.699. The molecule has 0 aromatic heterocycles. The molecule has 0 aromatic rings. The van der Waals surface area contributed by atoms with Gasteiger partial charge in [0.1, 0.15) is 6.04 Å². The molecule has 78 valence electrons. The maximum atomic E-state index is 12.4. The lowest BCUT2D eigenvalue weighted by atomic mass is 9.84. The van der Waals surface area contributed by atoms with E-state index in [1.54, 1.807) is 0 Å². The van der Waals surface area contributed by atoms with Gasteiger partial charge in [0.15, 0.2) is 0 Å². The van der Waals surface area contributed by atoms with E-state index in [1.165, 1.54) is 0 Å². The molecule has 0 amide bonds. The second-order valence-corrected chi connectivity index (χ2v) is 2.97. The molecule has 0 radical (unpaired) electrons. The van der Waals surface area contributed by atoms with E-state index >= 15 is 0 Å². The highest BCUT2D eigenvalue weighted by Crippen LogP contribution is 2.28. The molecule has 0 spiro atoms. The quantitative estimate of drug-likeness (QED) is 0.609. The number of hydrogen-bond acceptors (Lipinski definition) is 4. The summed E-state index contributed by atoms with van der Waals surface area (Å²) in [5, 5.41) is 8.70. The van der Waals surface area contributed by atoms with Gasteiger partial charge in [0.05, 0.1) is 19.1 Å². The first-order valence-electron chi connectivity index (χ1n) is 3.62. The molecule has 0 bridgehead atoms. The second kappa shape index (κ2) is 4.48. The first-order chi connectivity index (χ1) is 5.90. The third-order valence-corrected chi connectivity index (χ3v) is 2.00. The molecule has 0 heterocycles. The summed E-state index contributed by atoms with van der Waals surface area (Å²) >= 11 is 0. The minimum absolute atomic E-state index is 0.874. The lowest BCUT2D eigenvalue weighted by Crippen LogP contribution is -2.52. The molecule has 2 atom stereocenters. The van der Waals surface area contributed by atoms with Crippen LogP contribution in [-0.4, -0.2) is 37.3 Å². The molecule has 0 fully saturated rings. The Hall–Kier alpha value is -0.750. The molecular formula is C7H13F2NO3. The Morgan fingerprint density at radius 2 is 2.15 bits per heavy atom. The van der Waals surface area contributed by atoms with E-state index in [4.69, 9.17) is 10.8 Å². The van der Waals surface area contributed by atoms with Crippen LogP contribution in [0.2, 0.25) is 0 Å². The van der Waals surface area contributed by atoms with E-state index in [0.29, 0.717) is 0 Å². The van der Waals surface area contributed by atoms with E-state index in [9.17, 15) is 13.6 Å². The van der Waals surface area contributed by atoms with Gasteiger partial charge in [-0.2, -0.15) is 0 Å². The molecular weight excluding hydrogens is 184 g/mol. The third kappa shape index (κ3) is 2.35. The monoisotopic (exact) mass is 197 g/mol. The predicted molar refractivity (Wildman–Crippen MR) is 41.2 cm³/mol. The molecule has 0 rings (SSSR count). The number of hydrogen-bond donors (Lipinski definition) is 2. The van der Waals surface area contributed by atoms with Crippen LogP contribution in [0.25, 0.3) is 0 Å². The van der Waals surface area contributed by atoms with Crippen molar-refractivity contribution in [2.45, 2.75) is 19.4 Å². The average Bonchev–Trinajstić information content (AvgIpc) is 2.13. The van der Waals surface area contributed by atoms with Crippen molar-refractivity contribution in [2.75, 3.05) is 13.7 Å². The minimum Gasteiger partial charge on any atom is -0.468 e. The summed E-state index contributed by atoms with van der Waals surface area (Å²) in [7, 11) is 1.05. The highest BCUT2D eigenvalue weighted by Gasteiger charge is 2.44. The third-order valence-electron chi connectivity index (χ3n) is 2.00. The summed E-state index contributed by atoms with van der Waals surface area (Å²) in [6.07, 6.45) is -2.88. The van der Waals surface area contributed by atoms with Crippen molar-refractivity contribution in [3.8, 4) is 0 Å². The molecule has 0 aromatic carbocycles. The first-order valence-corrected chi connectivity index (χ1v) is 3.62. The molecule has 3 N–H and O–H groups in total. The van der Waals surface area contributed by atoms with Gasteiger partial charge >= 0.3 is 5.97 Å². The maximum Gasteiger partial charge on any atom is 0.323 e. The van der Waals surface area contributed by atoms with Crippen molar-refractivity contribution in [1.82, 2.24) is 0 Å². The van der Waals surface area contributed by atoms with Crippen LogP contribution in [0.5, 0.6) is 0 Å². The fourth-order valence-corrected chi connectivity index (χ4v) is 0.699. The topological polar surface area (TPSA) is 72.5 Å².